The van der Waals surface area contributed by atoms with Gasteiger partial charge in [0.1, 0.15) is 0 Å². The molecular formula is C16H26N2. The van der Waals surface area contributed by atoms with Gasteiger partial charge in [0.25, 0.3) is 0 Å². The molecule has 0 bridgehead atoms. The van der Waals surface area contributed by atoms with Crippen molar-refractivity contribution in [3.05, 3.63) is 29.3 Å². The van der Waals surface area contributed by atoms with Crippen LogP contribution < -0.4 is 10.6 Å². The van der Waals surface area contributed by atoms with Crippen molar-refractivity contribution < 1.29 is 0 Å². The Morgan fingerprint density at radius 3 is 2.72 bits per heavy atom. The lowest BCUT2D eigenvalue weighted by Gasteiger charge is -2.32. The molecule has 2 heteroatoms. The summed E-state index contributed by atoms with van der Waals surface area (Å²) in [6.45, 7) is 9.04. The van der Waals surface area contributed by atoms with Crippen LogP contribution in [0.4, 0.5) is 5.69 Å². The SMILES string of the molecule is CC(C)CCN1CCCc2cc(C(C)N)ccc21. The van der Waals surface area contributed by atoms with Crippen LogP contribution >= 0.6 is 0 Å². The fourth-order valence-corrected chi connectivity index (χ4v) is 2.62. The number of aryl methyl sites for hydroxylation is 1. The molecule has 0 spiro atoms. The highest BCUT2D eigenvalue weighted by Crippen LogP contribution is 2.29. The van der Waals surface area contributed by atoms with Crippen molar-refractivity contribution in [2.45, 2.75) is 46.1 Å². The molecule has 0 aliphatic carbocycles. The van der Waals surface area contributed by atoms with Crippen LogP contribution in [0.1, 0.15) is 50.8 Å². The molecule has 1 aromatic carbocycles. The van der Waals surface area contributed by atoms with Gasteiger partial charge in [0.15, 0.2) is 0 Å². The average Bonchev–Trinajstić information content (AvgIpc) is 2.35. The lowest BCUT2D eigenvalue weighted by Crippen LogP contribution is -2.31. The first-order valence-electron chi connectivity index (χ1n) is 7.21. The van der Waals surface area contributed by atoms with Crippen molar-refractivity contribution >= 4 is 5.69 Å². The molecule has 0 aromatic heterocycles. The van der Waals surface area contributed by atoms with E-state index >= 15 is 0 Å². The summed E-state index contributed by atoms with van der Waals surface area (Å²) in [6, 6.07) is 6.91. The maximum atomic E-state index is 5.97. The van der Waals surface area contributed by atoms with Gasteiger partial charge in [-0.15, -0.1) is 0 Å². The zero-order valence-electron chi connectivity index (χ0n) is 11.9. The highest BCUT2D eigenvalue weighted by atomic mass is 15.1. The molecule has 2 nitrogen and oxygen atoms in total. The van der Waals surface area contributed by atoms with Crippen molar-refractivity contribution in [1.82, 2.24) is 0 Å². The van der Waals surface area contributed by atoms with Gasteiger partial charge in [0, 0.05) is 24.8 Å². The minimum atomic E-state index is 0.140. The molecule has 0 amide bonds. The van der Waals surface area contributed by atoms with E-state index in [0.29, 0.717) is 0 Å². The first-order valence-corrected chi connectivity index (χ1v) is 7.21. The molecule has 0 saturated carbocycles. The van der Waals surface area contributed by atoms with Crippen LogP contribution in [-0.4, -0.2) is 13.1 Å². The molecule has 1 unspecified atom stereocenters. The number of hydrogen-bond donors (Lipinski definition) is 1. The van der Waals surface area contributed by atoms with Gasteiger partial charge in [-0.1, -0.05) is 26.0 Å². The zero-order valence-corrected chi connectivity index (χ0v) is 11.9. The standard InChI is InChI=1S/C16H26N2/c1-12(2)8-10-18-9-4-5-15-11-14(13(3)17)6-7-16(15)18/h6-7,11-13H,4-5,8-10,17H2,1-3H3. The summed E-state index contributed by atoms with van der Waals surface area (Å²) in [5.74, 6) is 0.777. The highest BCUT2D eigenvalue weighted by Gasteiger charge is 2.17. The lowest BCUT2D eigenvalue weighted by atomic mass is 9.96. The van der Waals surface area contributed by atoms with E-state index in [9.17, 15) is 0 Å². The molecule has 0 saturated heterocycles. The topological polar surface area (TPSA) is 29.3 Å². The third kappa shape index (κ3) is 3.05. The molecule has 100 valence electrons. The monoisotopic (exact) mass is 246 g/mol. The maximum Gasteiger partial charge on any atom is 0.0398 e. The van der Waals surface area contributed by atoms with Crippen LogP contribution in [0.2, 0.25) is 0 Å². The number of fused-ring (bicyclic) bond motifs is 1. The van der Waals surface area contributed by atoms with Crippen LogP contribution in [-0.2, 0) is 6.42 Å². The van der Waals surface area contributed by atoms with Crippen LogP contribution in [0.3, 0.4) is 0 Å². The van der Waals surface area contributed by atoms with E-state index in [1.165, 1.54) is 49.2 Å². The molecular weight excluding hydrogens is 220 g/mol. The summed E-state index contributed by atoms with van der Waals surface area (Å²) < 4.78 is 0. The van der Waals surface area contributed by atoms with Crippen LogP contribution in [0, 0.1) is 5.92 Å². The van der Waals surface area contributed by atoms with Gasteiger partial charge in [0.05, 0.1) is 0 Å². The molecule has 0 radical (unpaired) electrons. The second kappa shape index (κ2) is 5.75. The Kier molecular flexibility index (Phi) is 4.28. The number of anilines is 1. The normalized spacial score (nSPS) is 16.8. The Balaban J connectivity index is 2.16. The van der Waals surface area contributed by atoms with E-state index in [2.05, 4.69) is 43.9 Å². The van der Waals surface area contributed by atoms with Gasteiger partial charge in [-0.2, -0.15) is 0 Å². The second-order valence-electron chi connectivity index (χ2n) is 5.95. The Hall–Kier alpha value is -1.02. The minimum Gasteiger partial charge on any atom is -0.371 e. The van der Waals surface area contributed by atoms with E-state index in [0.717, 1.165) is 5.92 Å². The van der Waals surface area contributed by atoms with Crippen LogP contribution in [0.5, 0.6) is 0 Å². The molecule has 2 N–H and O–H groups in total. The summed E-state index contributed by atoms with van der Waals surface area (Å²) in [7, 11) is 0. The van der Waals surface area contributed by atoms with E-state index in [1.54, 1.807) is 0 Å². The smallest absolute Gasteiger partial charge is 0.0398 e. The second-order valence-corrected chi connectivity index (χ2v) is 5.95. The van der Waals surface area contributed by atoms with Crippen LogP contribution in [0.25, 0.3) is 0 Å². The first-order chi connectivity index (χ1) is 8.58. The van der Waals surface area contributed by atoms with E-state index in [-0.39, 0.29) is 6.04 Å². The van der Waals surface area contributed by atoms with Gasteiger partial charge < -0.3 is 10.6 Å². The first kappa shape index (κ1) is 13.4. The van der Waals surface area contributed by atoms with E-state index in [4.69, 9.17) is 5.73 Å². The summed E-state index contributed by atoms with van der Waals surface area (Å²) >= 11 is 0. The lowest BCUT2D eigenvalue weighted by molar-refractivity contribution is 0.560. The van der Waals surface area contributed by atoms with Gasteiger partial charge in [0.2, 0.25) is 0 Å². The minimum absolute atomic E-state index is 0.140. The predicted molar refractivity (Wildman–Crippen MR) is 79.0 cm³/mol. The Morgan fingerprint density at radius 1 is 1.28 bits per heavy atom. The van der Waals surface area contributed by atoms with Crippen molar-refractivity contribution in [1.29, 1.82) is 0 Å². The summed E-state index contributed by atoms with van der Waals surface area (Å²) in [6.07, 6.45) is 3.75. The van der Waals surface area contributed by atoms with Gasteiger partial charge in [-0.05, 0) is 49.3 Å². The molecule has 1 atom stereocenters. The third-order valence-corrected chi connectivity index (χ3v) is 3.82. The number of nitrogens with two attached hydrogens (primary N) is 1. The molecule has 1 aliphatic rings. The quantitative estimate of drug-likeness (QED) is 0.881. The van der Waals surface area contributed by atoms with Crippen LogP contribution in [0.15, 0.2) is 18.2 Å². The fourth-order valence-electron chi connectivity index (χ4n) is 2.62. The number of nitrogens with zero attached hydrogens (tertiary/aromatic N) is 1. The Morgan fingerprint density at radius 2 is 2.06 bits per heavy atom. The molecule has 2 rings (SSSR count). The van der Waals surface area contributed by atoms with E-state index < -0.39 is 0 Å². The van der Waals surface area contributed by atoms with Crippen molar-refractivity contribution in [3.8, 4) is 0 Å². The molecule has 1 heterocycles. The predicted octanol–water partition coefficient (Wildman–Crippen LogP) is 3.51. The molecule has 18 heavy (non-hydrogen) atoms. The van der Waals surface area contributed by atoms with Crippen molar-refractivity contribution in [2.24, 2.45) is 11.7 Å². The maximum absolute atomic E-state index is 5.97. The largest absolute Gasteiger partial charge is 0.371 e. The summed E-state index contributed by atoms with van der Waals surface area (Å²) in [5.41, 5.74) is 10.2. The van der Waals surface area contributed by atoms with Gasteiger partial charge in [-0.25, -0.2) is 0 Å². The van der Waals surface area contributed by atoms with Crippen molar-refractivity contribution in [2.75, 3.05) is 18.0 Å². The average molecular weight is 246 g/mol. The third-order valence-electron chi connectivity index (χ3n) is 3.82. The van der Waals surface area contributed by atoms with Gasteiger partial charge in [-0.3, -0.25) is 0 Å². The molecule has 1 aromatic rings. The number of hydrogen-bond acceptors (Lipinski definition) is 2. The number of rotatable bonds is 4. The summed E-state index contributed by atoms with van der Waals surface area (Å²) in [4.78, 5) is 2.55. The Bertz CT molecular complexity index is 396. The zero-order chi connectivity index (χ0) is 13.1. The van der Waals surface area contributed by atoms with Gasteiger partial charge >= 0.3 is 0 Å². The molecule has 1 aliphatic heterocycles. The van der Waals surface area contributed by atoms with E-state index in [1.807, 2.05) is 0 Å². The Labute approximate surface area is 111 Å². The highest BCUT2D eigenvalue weighted by molar-refractivity contribution is 5.57. The van der Waals surface area contributed by atoms with Crippen molar-refractivity contribution in [3.63, 3.8) is 0 Å². The number of benzene rings is 1. The fraction of sp³-hybridized carbons (Fsp3) is 0.625. The summed E-state index contributed by atoms with van der Waals surface area (Å²) in [5, 5.41) is 0. The molecule has 0 fully saturated rings.